The summed E-state index contributed by atoms with van der Waals surface area (Å²) >= 11 is 5.76. The van der Waals surface area contributed by atoms with Gasteiger partial charge in [0, 0.05) is 11.6 Å². The van der Waals surface area contributed by atoms with E-state index in [-0.39, 0.29) is 28.6 Å². The van der Waals surface area contributed by atoms with Gasteiger partial charge >= 0.3 is 0 Å². The number of halogens is 3. The molecule has 0 saturated heterocycles. The van der Waals surface area contributed by atoms with Crippen LogP contribution in [-0.2, 0) is 11.2 Å². The molecule has 134 valence electrons. The molecule has 8 heteroatoms. The van der Waals surface area contributed by atoms with Crippen LogP contribution in [0.25, 0.3) is 11.3 Å². The Kier molecular flexibility index (Phi) is 5.29. The zero-order valence-corrected chi connectivity index (χ0v) is 14.2. The molecule has 0 aliphatic heterocycles. The highest BCUT2D eigenvalue weighted by Gasteiger charge is 2.17. The molecule has 0 radical (unpaired) electrons. The highest BCUT2D eigenvalue weighted by Crippen LogP contribution is 2.27. The lowest BCUT2D eigenvalue weighted by atomic mass is 10.1. The molecule has 1 heterocycles. The summed E-state index contributed by atoms with van der Waals surface area (Å²) in [6.45, 7) is 0. The number of hydrogen-bond donors (Lipinski definition) is 3. The van der Waals surface area contributed by atoms with Gasteiger partial charge < -0.3 is 11.1 Å². The minimum Gasteiger partial charge on any atom is -0.320 e. The SMILES string of the molecule is NC(Cc1ccc(F)cc1)C(=O)Nc1cc(-c2cccc(Cl)c2F)[nH]n1. The van der Waals surface area contributed by atoms with E-state index in [9.17, 15) is 13.6 Å². The Morgan fingerprint density at radius 3 is 2.69 bits per heavy atom. The minimum absolute atomic E-state index is 0.0102. The third-order valence-electron chi connectivity index (χ3n) is 3.78. The fourth-order valence-corrected chi connectivity index (χ4v) is 2.60. The molecule has 0 fully saturated rings. The number of rotatable bonds is 5. The van der Waals surface area contributed by atoms with Gasteiger partial charge in [0.25, 0.3) is 0 Å². The number of carbonyl (C=O) groups is 1. The van der Waals surface area contributed by atoms with Crippen LogP contribution < -0.4 is 11.1 Å². The Balaban J connectivity index is 1.67. The number of aromatic nitrogens is 2. The van der Waals surface area contributed by atoms with Crippen LogP contribution in [0.4, 0.5) is 14.6 Å². The van der Waals surface area contributed by atoms with Crippen molar-refractivity contribution in [1.82, 2.24) is 10.2 Å². The first-order valence-corrected chi connectivity index (χ1v) is 8.12. The van der Waals surface area contributed by atoms with Crippen molar-refractivity contribution in [2.45, 2.75) is 12.5 Å². The van der Waals surface area contributed by atoms with Crippen molar-refractivity contribution in [2.75, 3.05) is 5.32 Å². The highest BCUT2D eigenvalue weighted by molar-refractivity contribution is 6.31. The van der Waals surface area contributed by atoms with Crippen molar-refractivity contribution < 1.29 is 13.6 Å². The molecule has 0 aliphatic carbocycles. The van der Waals surface area contributed by atoms with Gasteiger partial charge in [0.2, 0.25) is 5.91 Å². The quantitative estimate of drug-likeness (QED) is 0.637. The number of hydrogen-bond acceptors (Lipinski definition) is 3. The number of nitrogens with one attached hydrogen (secondary N) is 2. The Bertz CT molecular complexity index is 927. The van der Waals surface area contributed by atoms with Gasteiger partial charge in [0.1, 0.15) is 5.82 Å². The molecule has 0 spiro atoms. The molecular formula is C18H15ClF2N4O. The second-order valence-electron chi connectivity index (χ2n) is 5.69. The van der Waals surface area contributed by atoms with Crippen LogP contribution in [0.5, 0.6) is 0 Å². The van der Waals surface area contributed by atoms with Crippen molar-refractivity contribution in [3.63, 3.8) is 0 Å². The molecule has 0 saturated carbocycles. The predicted molar refractivity (Wildman–Crippen MR) is 95.7 cm³/mol. The maximum Gasteiger partial charge on any atom is 0.242 e. The molecular weight excluding hydrogens is 362 g/mol. The average molecular weight is 377 g/mol. The van der Waals surface area contributed by atoms with E-state index < -0.39 is 17.8 Å². The lowest BCUT2D eigenvalue weighted by molar-refractivity contribution is -0.117. The van der Waals surface area contributed by atoms with Gasteiger partial charge in [-0.3, -0.25) is 9.89 Å². The molecule has 26 heavy (non-hydrogen) atoms. The van der Waals surface area contributed by atoms with Crippen molar-refractivity contribution in [2.24, 2.45) is 5.73 Å². The number of benzene rings is 2. The number of anilines is 1. The predicted octanol–water partition coefficient (Wildman–Crippen LogP) is 3.52. The van der Waals surface area contributed by atoms with Crippen LogP contribution in [0, 0.1) is 11.6 Å². The maximum absolute atomic E-state index is 14.0. The van der Waals surface area contributed by atoms with Gasteiger partial charge in [0.05, 0.1) is 16.8 Å². The summed E-state index contributed by atoms with van der Waals surface area (Å²) in [7, 11) is 0. The third kappa shape index (κ3) is 4.07. The number of aromatic amines is 1. The lowest BCUT2D eigenvalue weighted by Gasteiger charge is -2.10. The van der Waals surface area contributed by atoms with Crippen LogP contribution in [-0.4, -0.2) is 22.1 Å². The summed E-state index contributed by atoms with van der Waals surface area (Å²) in [5.74, 6) is -1.19. The Morgan fingerprint density at radius 2 is 1.96 bits per heavy atom. The topological polar surface area (TPSA) is 83.8 Å². The highest BCUT2D eigenvalue weighted by atomic mass is 35.5. The summed E-state index contributed by atoms with van der Waals surface area (Å²) in [6.07, 6.45) is 0.242. The number of amides is 1. The van der Waals surface area contributed by atoms with Gasteiger partial charge in [-0.1, -0.05) is 29.8 Å². The van der Waals surface area contributed by atoms with Gasteiger partial charge in [-0.25, -0.2) is 8.78 Å². The standard InChI is InChI=1S/C18H15ClF2N4O/c19-13-3-1-2-12(17(13)21)15-9-16(25-24-15)23-18(26)14(22)8-10-4-6-11(20)7-5-10/h1-7,9,14H,8,22H2,(H2,23,24,25,26). The second-order valence-corrected chi connectivity index (χ2v) is 6.10. The third-order valence-corrected chi connectivity index (χ3v) is 4.07. The zero-order chi connectivity index (χ0) is 18.7. The van der Waals surface area contributed by atoms with Gasteiger partial charge in [-0.05, 0) is 36.2 Å². The summed E-state index contributed by atoms with van der Waals surface area (Å²) in [5, 5.41) is 9.13. The van der Waals surface area contributed by atoms with E-state index in [1.807, 2.05) is 0 Å². The van der Waals surface area contributed by atoms with E-state index in [4.69, 9.17) is 17.3 Å². The van der Waals surface area contributed by atoms with Crippen molar-refractivity contribution >= 4 is 23.3 Å². The maximum atomic E-state index is 14.0. The van der Waals surface area contributed by atoms with Crippen LogP contribution in [0.2, 0.25) is 5.02 Å². The van der Waals surface area contributed by atoms with E-state index in [0.717, 1.165) is 5.56 Å². The van der Waals surface area contributed by atoms with E-state index in [2.05, 4.69) is 15.5 Å². The molecule has 0 bridgehead atoms. The zero-order valence-electron chi connectivity index (χ0n) is 13.5. The molecule has 1 amide bonds. The fraction of sp³-hybridized carbons (Fsp3) is 0.111. The Labute approximate surface area is 153 Å². The van der Waals surface area contributed by atoms with Crippen molar-refractivity contribution in [3.05, 3.63) is 70.8 Å². The van der Waals surface area contributed by atoms with Crippen molar-refractivity contribution in [3.8, 4) is 11.3 Å². The Hall–Kier alpha value is -2.77. The van der Waals surface area contributed by atoms with Gasteiger partial charge in [0.15, 0.2) is 11.6 Å². The van der Waals surface area contributed by atoms with Gasteiger partial charge in [-0.2, -0.15) is 5.10 Å². The normalized spacial score (nSPS) is 12.0. The molecule has 1 unspecified atom stereocenters. The second kappa shape index (κ2) is 7.63. The van der Waals surface area contributed by atoms with E-state index in [1.165, 1.54) is 24.3 Å². The summed E-state index contributed by atoms with van der Waals surface area (Å²) in [4.78, 5) is 12.2. The molecule has 1 aromatic heterocycles. The van der Waals surface area contributed by atoms with Crippen LogP contribution in [0.15, 0.2) is 48.5 Å². The molecule has 5 nitrogen and oxygen atoms in total. The van der Waals surface area contributed by atoms with Crippen LogP contribution in [0.1, 0.15) is 5.56 Å². The largest absolute Gasteiger partial charge is 0.320 e. The summed E-state index contributed by atoms with van der Waals surface area (Å²) in [6, 6.07) is 11.0. The minimum atomic E-state index is -0.844. The molecule has 2 aromatic carbocycles. The van der Waals surface area contributed by atoms with E-state index in [1.54, 1.807) is 24.3 Å². The first kappa shape index (κ1) is 18.0. The molecule has 3 aromatic rings. The number of nitrogens with two attached hydrogens (primary N) is 1. The number of carbonyl (C=O) groups excluding carboxylic acids is 1. The van der Waals surface area contributed by atoms with E-state index >= 15 is 0 Å². The molecule has 3 rings (SSSR count). The Morgan fingerprint density at radius 1 is 1.23 bits per heavy atom. The summed E-state index contributed by atoms with van der Waals surface area (Å²) in [5.41, 5.74) is 7.21. The van der Waals surface area contributed by atoms with Crippen molar-refractivity contribution in [1.29, 1.82) is 0 Å². The van der Waals surface area contributed by atoms with Gasteiger partial charge in [-0.15, -0.1) is 0 Å². The van der Waals surface area contributed by atoms with Crippen LogP contribution >= 0.6 is 11.6 Å². The van der Waals surface area contributed by atoms with Crippen LogP contribution in [0.3, 0.4) is 0 Å². The molecule has 4 N–H and O–H groups in total. The lowest BCUT2D eigenvalue weighted by Crippen LogP contribution is -2.37. The first-order valence-electron chi connectivity index (χ1n) is 7.74. The fourth-order valence-electron chi connectivity index (χ4n) is 2.42. The monoisotopic (exact) mass is 376 g/mol. The molecule has 0 aliphatic rings. The summed E-state index contributed by atoms with van der Waals surface area (Å²) < 4.78 is 27.0. The first-order chi connectivity index (χ1) is 12.4. The number of H-pyrrole nitrogens is 1. The smallest absolute Gasteiger partial charge is 0.242 e. The average Bonchev–Trinajstić information content (AvgIpc) is 3.07. The molecule has 1 atom stereocenters. The number of nitrogens with zero attached hydrogens (tertiary/aromatic N) is 1. The van der Waals surface area contributed by atoms with E-state index in [0.29, 0.717) is 5.69 Å².